The third-order valence-corrected chi connectivity index (χ3v) is 3.26. The fourth-order valence-corrected chi connectivity index (χ4v) is 1.97. The van der Waals surface area contributed by atoms with Gasteiger partial charge >= 0.3 is 5.97 Å². The first-order valence-electron chi connectivity index (χ1n) is 6.33. The zero-order chi connectivity index (χ0) is 14.7. The molecular formula is C14H16N2O4. The smallest absolute Gasteiger partial charge is 0.310 e. The molecule has 0 spiro atoms. The number of carboxylic acid groups (broad SMARTS) is 1. The molecule has 20 heavy (non-hydrogen) atoms. The van der Waals surface area contributed by atoms with E-state index in [2.05, 4.69) is 5.32 Å². The zero-order valence-electron chi connectivity index (χ0n) is 11.1. The molecule has 0 aromatic heterocycles. The van der Waals surface area contributed by atoms with Crippen molar-refractivity contribution in [3.05, 3.63) is 35.4 Å². The molecule has 6 heteroatoms. The molecule has 1 aliphatic rings. The molecule has 1 saturated heterocycles. The molecule has 0 atom stereocenters. The summed E-state index contributed by atoms with van der Waals surface area (Å²) in [6, 6.07) is 6.93. The highest BCUT2D eigenvalue weighted by molar-refractivity contribution is 5.95. The molecule has 0 radical (unpaired) electrons. The number of hydrogen-bond acceptors (Lipinski definition) is 3. The summed E-state index contributed by atoms with van der Waals surface area (Å²) in [5, 5.41) is 11.4. The third-order valence-electron chi connectivity index (χ3n) is 3.26. The molecule has 0 saturated carbocycles. The molecule has 1 aliphatic heterocycles. The van der Waals surface area contributed by atoms with Crippen molar-refractivity contribution in [2.45, 2.75) is 13.5 Å². The van der Waals surface area contributed by atoms with Gasteiger partial charge in [-0.15, -0.1) is 0 Å². The lowest BCUT2D eigenvalue weighted by Crippen LogP contribution is -2.53. The van der Waals surface area contributed by atoms with Crippen LogP contribution in [0.2, 0.25) is 0 Å². The number of nitrogens with zero attached hydrogens (tertiary/aromatic N) is 1. The molecule has 6 nitrogen and oxygen atoms in total. The van der Waals surface area contributed by atoms with E-state index in [1.807, 2.05) is 0 Å². The number of amides is 2. The molecule has 1 aromatic rings. The number of likely N-dealkylation sites (tertiary alicyclic amines) is 1. The average molecular weight is 276 g/mol. The van der Waals surface area contributed by atoms with Crippen LogP contribution in [0.4, 0.5) is 0 Å². The summed E-state index contributed by atoms with van der Waals surface area (Å²) in [4.78, 5) is 35.0. The lowest BCUT2D eigenvalue weighted by atomic mass is 9.99. The van der Waals surface area contributed by atoms with Gasteiger partial charge in [-0.2, -0.15) is 0 Å². The summed E-state index contributed by atoms with van der Waals surface area (Å²) in [5.74, 6) is -1.57. The van der Waals surface area contributed by atoms with Crippen molar-refractivity contribution in [1.29, 1.82) is 0 Å². The van der Waals surface area contributed by atoms with E-state index in [0.29, 0.717) is 12.1 Å². The predicted molar refractivity (Wildman–Crippen MR) is 71.0 cm³/mol. The SMILES string of the molecule is CC(=O)NCc1ccc(C(=O)N2CC(C(=O)O)C2)cc1. The van der Waals surface area contributed by atoms with E-state index in [-0.39, 0.29) is 24.9 Å². The maximum absolute atomic E-state index is 12.0. The summed E-state index contributed by atoms with van der Waals surface area (Å²) in [5.41, 5.74) is 1.43. The maximum Gasteiger partial charge on any atom is 0.310 e. The van der Waals surface area contributed by atoms with Crippen LogP contribution < -0.4 is 5.32 Å². The van der Waals surface area contributed by atoms with Crippen LogP contribution in [-0.2, 0) is 16.1 Å². The van der Waals surface area contributed by atoms with Crippen LogP contribution >= 0.6 is 0 Å². The molecule has 0 aliphatic carbocycles. The highest BCUT2D eigenvalue weighted by Gasteiger charge is 2.35. The quantitative estimate of drug-likeness (QED) is 0.837. The van der Waals surface area contributed by atoms with Gasteiger partial charge in [0.2, 0.25) is 5.91 Å². The number of hydrogen-bond donors (Lipinski definition) is 2. The van der Waals surface area contributed by atoms with Crippen LogP contribution in [0.1, 0.15) is 22.8 Å². The molecular weight excluding hydrogens is 260 g/mol. The lowest BCUT2D eigenvalue weighted by Gasteiger charge is -2.36. The molecule has 2 rings (SSSR count). The second-order valence-electron chi connectivity index (χ2n) is 4.85. The summed E-state index contributed by atoms with van der Waals surface area (Å²) >= 11 is 0. The van der Waals surface area contributed by atoms with Crippen LogP contribution in [-0.4, -0.2) is 40.9 Å². The van der Waals surface area contributed by atoms with E-state index >= 15 is 0 Å². The van der Waals surface area contributed by atoms with Crippen LogP contribution in [0.25, 0.3) is 0 Å². The van der Waals surface area contributed by atoms with E-state index in [9.17, 15) is 14.4 Å². The Hall–Kier alpha value is -2.37. The fourth-order valence-electron chi connectivity index (χ4n) is 1.97. The topological polar surface area (TPSA) is 86.7 Å². The lowest BCUT2D eigenvalue weighted by molar-refractivity contribution is -0.146. The maximum atomic E-state index is 12.0. The predicted octanol–water partition coefficient (Wildman–Crippen LogP) is 0.479. The largest absolute Gasteiger partial charge is 0.481 e. The van der Waals surface area contributed by atoms with Crippen LogP contribution in [0.15, 0.2) is 24.3 Å². The molecule has 0 bridgehead atoms. The van der Waals surface area contributed by atoms with Crippen molar-refractivity contribution < 1.29 is 19.5 Å². The number of rotatable bonds is 4. The molecule has 0 unspecified atom stereocenters. The van der Waals surface area contributed by atoms with Crippen LogP contribution in [0.3, 0.4) is 0 Å². The summed E-state index contributed by atoms with van der Waals surface area (Å²) in [7, 11) is 0. The standard InChI is InChI=1S/C14H16N2O4/c1-9(17)15-6-10-2-4-11(5-3-10)13(18)16-7-12(8-16)14(19)20/h2-5,12H,6-8H2,1H3,(H,15,17)(H,19,20). The number of carbonyl (C=O) groups is 3. The van der Waals surface area contributed by atoms with Crippen molar-refractivity contribution in [2.75, 3.05) is 13.1 Å². The summed E-state index contributed by atoms with van der Waals surface area (Å²) in [6.45, 7) is 2.40. The minimum absolute atomic E-state index is 0.106. The first kappa shape index (κ1) is 14.0. The van der Waals surface area contributed by atoms with Gasteiger partial charge < -0.3 is 15.3 Å². The van der Waals surface area contributed by atoms with Gasteiger partial charge in [0.15, 0.2) is 0 Å². The number of benzene rings is 1. The van der Waals surface area contributed by atoms with Crippen molar-refractivity contribution in [1.82, 2.24) is 10.2 Å². The second kappa shape index (κ2) is 5.73. The van der Waals surface area contributed by atoms with Gasteiger partial charge in [0.05, 0.1) is 5.92 Å². The number of aliphatic carboxylic acids is 1. The minimum atomic E-state index is -0.861. The monoisotopic (exact) mass is 276 g/mol. The molecule has 1 heterocycles. The molecule has 106 valence electrons. The van der Waals surface area contributed by atoms with Crippen molar-refractivity contribution in [3.8, 4) is 0 Å². The molecule has 2 amide bonds. The van der Waals surface area contributed by atoms with E-state index < -0.39 is 11.9 Å². The first-order valence-corrected chi connectivity index (χ1v) is 6.33. The van der Waals surface area contributed by atoms with E-state index in [1.165, 1.54) is 11.8 Å². The Morgan fingerprint density at radius 1 is 1.25 bits per heavy atom. The zero-order valence-corrected chi connectivity index (χ0v) is 11.1. The van der Waals surface area contributed by atoms with E-state index in [0.717, 1.165) is 5.56 Å². The van der Waals surface area contributed by atoms with Crippen LogP contribution in [0.5, 0.6) is 0 Å². The fraction of sp³-hybridized carbons (Fsp3) is 0.357. The van der Waals surface area contributed by atoms with Crippen molar-refractivity contribution >= 4 is 17.8 Å². The summed E-state index contributed by atoms with van der Waals surface area (Å²) < 4.78 is 0. The summed E-state index contributed by atoms with van der Waals surface area (Å²) in [6.07, 6.45) is 0. The minimum Gasteiger partial charge on any atom is -0.481 e. The van der Waals surface area contributed by atoms with Gasteiger partial charge in [-0.1, -0.05) is 12.1 Å². The van der Waals surface area contributed by atoms with Gasteiger partial charge in [0.25, 0.3) is 5.91 Å². The van der Waals surface area contributed by atoms with Gasteiger partial charge in [0.1, 0.15) is 0 Å². The molecule has 1 aromatic carbocycles. The second-order valence-corrected chi connectivity index (χ2v) is 4.85. The van der Waals surface area contributed by atoms with Gasteiger partial charge in [-0.05, 0) is 17.7 Å². The molecule has 2 N–H and O–H groups in total. The number of carbonyl (C=O) groups excluding carboxylic acids is 2. The highest BCUT2D eigenvalue weighted by atomic mass is 16.4. The van der Waals surface area contributed by atoms with Crippen molar-refractivity contribution in [3.63, 3.8) is 0 Å². The van der Waals surface area contributed by atoms with Crippen molar-refractivity contribution in [2.24, 2.45) is 5.92 Å². The highest BCUT2D eigenvalue weighted by Crippen LogP contribution is 2.19. The number of carboxylic acids is 1. The van der Waals surface area contributed by atoms with Gasteiger partial charge in [-0.3, -0.25) is 14.4 Å². The Bertz CT molecular complexity index is 533. The Balaban J connectivity index is 1.92. The van der Waals surface area contributed by atoms with Crippen LogP contribution in [0, 0.1) is 5.92 Å². The average Bonchev–Trinajstić information content (AvgIpc) is 2.34. The number of nitrogens with one attached hydrogen (secondary N) is 1. The first-order chi connectivity index (χ1) is 9.47. The Morgan fingerprint density at radius 2 is 1.85 bits per heavy atom. The van der Waals surface area contributed by atoms with Gasteiger partial charge in [-0.25, -0.2) is 0 Å². The molecule has 1 fully saturated rings. The van der Waals surface area contributed by atoms with E-state index in [4.69, 9.17) is 5.11 Å². The normalized spacial score (nSPS) is 14.6. The Labute approximate surface area is 116 Å². The Morgan fingerprint density at radius 3 is 2.35 bits per heavy atom. The third kappa shape index (κ3) is 3.14. The van der Waals surface area contributed by atoms with Gasteiger partial charge in [0, 0.05) is 32.1 Å². The van der Waals surface area contributed by atoms with E-state index in [1.54, 1.807) is 24.3 Å². The Kier molecular flexibility index (Phi) is 4.02.